The molecule has 0 radical (unpaired) electrons. The monoisotopic (exact) mass is 397 g/mol. The summed E-state index contributed by atoms with van der Waals surface area (Å²) in [6.45, 7) is 2.10. The third-order valence-corrected chi connectivity index (χ3v) is 6.11. The highest BCUT2D eigenvalue weighted by molar-refractivity contribution is 8.10. The molecule has 0 N–H and O–H groups in total. The van der Waals surface area contributed by atoms with Crippen molar-refractivity contribution in [1.82, 2.24) is 0 Å². The highest BCUT2D eigenvalue weighted by atomic mass is 32.2. The number of benzene rings is 3. The van der Waals surface area contributed by atoms with Crippen molar-refractivity contribution in [3.05, 3.63) is 105 Å². The molecule has 3 aromatic carbocycles. The van der Waals surface area contributed by atoms with Gasteiger partial charge in [-0.1, -0.05) is 71.0 Å². The molecule has 0 saturated heterocycles. The van der Waals surface area contributed by atoms with E-state index in [1.807, 2.05) is 36.4 Å². The highest BCUT2D eigenvalue weighted by Crippen LogP contribution is 2.40. The molecule has 0 atom stereocenters. The van der Waals surface area contributed by atoms with Crippen LogP contribution in [0.25, 0.3) is 16.7 Å². The Morgan fingerprint density at radius 2 is 1.59 bits per heavy atom. The van der Waals surface area contributed by atoms with E-state index in [1.54, 1.807) is 18.9 Å². The maximum Gasteiger partial charge on any atom is 0.180 e. The highest BCUT2D eigenvalue weighted by Gasteiger charge is 2.28. The van der Waals surface area contributed by atoms with E-state index in [2.05, 4.69) is 53.9 Å². The first-order valence-corrected chi connectivity index (χ1v) is 10.3. The molecule has 142 valence electrons. The number of allylic oxidation sites excluding steroid dienone is 1. The van der Waals surface area contributed by atoms with Crippen LogP contribution in [0.3, 0.4) is 0 Å². The van der Waals surface area contributed by atoms with Gasteiger partial charge < -0.3 is 9.57 Å². The zero-order valence-corrected chi connectivity index (χ0v) is 17.0. The van der Waals surface area contributed by atoms with Gasteiger partial charge in [0.15, 0.2) is 5.76 Å². The Kier molecular flexibility index (Phi) is 4.49. The minimum atomic E-state index is 0.817. The predicted molar refractivity (Wildman–Crippen MR) is 120 cm³/mol. The fourth-order valence-electron chi connectivity index (χ4n) is 3.55. The molecular weight excluding hydrogens is 378 g/mol. The molecule has 0 saturated carbocycles. The van der Waals surface area contributed by atoms with E-state index in [1.165, 1.54) is 5.56 Å². The minimum absolute atomic E-state index is 0.817. The quantitative estimate of drug-likeness (QED) is 0.655. The second-order valence-corrected chi connectivity index (χ2v) is 7.86. The van der Waals surface area contributed by atoms with Crippen LogP contribution in [0.4, 0.5) is 0 Å². The zero-order valence-electron chi connectivity index (χ0n) is 16.2. The Balaban J connectivity index is 1.75. The van der Waals surface area contributed by atoms with Crippen molar-refractivity contribution in [2.75, 3.05) is 7.11 Å². The van der Waals surface area contributed by atoms with Crippen LogP contribution < -0.4 is 15.2 Å². The molecule has 0 aliphatic carbocycles. The van der Waals surface area contributed by atoms with Crippen molar-refractivity contribution in [2.45, 2.75) is 6.92 Å². The molecule has 2 heterocycles. The van der Waals surface area contributed by atoms with Crippen LogP contribution in [0.5, 0.6) is 5.75 Å². The third kappa shape index (κ3) is 3.15. The van der Waals surface area contributed by atoms with Gasteiger partial charge in [-0.25, -0.2) is 0 Å². The summed E-state index contributed by atoms with van der Waals surface area (Å²) >= 11 is 1.69. The molecular formula is C25H19NO2S. The summed E-state index contributed by atoms with van der Waals surface area (Å²) in [7, 11) is 1.67. The number of fused-ring (bicyclic) bond motifs is 2. The molecule has 0 bridgehead atoms. The molecule has 29 heavy (non-hydrogen) atoms. The Morgan fingerprint density at radius 1 is 0.862 bits per heavy atom. The fourth-order valence-corrected chi connectivity index (χ4v) is 4.58. The first-order valence-electron chi connectivity index (χ1n) is 9.42. The van der Waals surface area contributed by atoms with Gasteiger partial charge in [-0.3, -0.25) is 0 Å². The molecule has 0 fully saturated rings. The van der Waals surface area contributed by atoms with Crippen LogP contribution in [0.2, 0.25) is 0 Å². The SMILES string of the molecule is COc1ccc(C2=NOC3=c4ccccc4=CSC3=C2c2ccc(C)cc2)cc1. The first kappa shape index (κ1) is 17.8. The van der Waals surface area contributed by atoms with Crippen molar-refractivity contribution in [3.63, 3.8) is 0 Å². The molecule has 3 nitrogen and oxygen atoms in total. The van der Waals surface area contributed by atoms with E-state index in [9.17, 15) is 0 Å². The van der Waals surface area contributed by atoms with E-state index in [0.29, 0.717) is 0 Å². The van der Waals surface area contributed by atoms with E-state index < -0.39 is 0 Å². The summed E-state index contributed by atoms with van der Waals surface area (Å²) in [6, 6.07) is 24.8. The Hall–Kier alpha value is -3.24. The van der Waals surface area contributed by atoms with Gasteiger partial charge >= 0.3 is 0 Å². The molecule has 5 rings (SSSR count). The van der Waals surface area contributed by atoms with Crippen LogP contribution in [0, 0.1) is 6.92 Å². The summed E-state index contributed by atoms with van der Waals surface area (Å²) in [5, 5.41) is 8.98. The topological polar surface area (TPSA) is 30.8 Å². The summed E-state index contributed by atoms with van der Waals surface area (Å²) < 4.78 is 5.31. The molecule has 0 amide bonds. The van der Waals surface area contributed by atoms with Gasteiger partial charge in [0.25, 0.3) is 0 Å². The third-order valence-electron chi connectivity index (χ3n) is 5.11. The number of oxime groups is 1. The van der Waals surface area contributed by atoms with Gasteiger partial charge in [-0.15, -0.1) is 0 Å². The van der Waals surface area contributed by atoms with Gasteiger partial charge in [-0.2, -0.15) is 0 Å². The number of rotatable bonds is 3. The number of thioether (sulfide) groups is 1. The Labute approximate surface area is 173 Å². The number of hydrogen-bond donors (Lipinski definition) is 0. The smallest absolute Gasteiger partial charge is 0.180 e. The summed E-state index contributed by atoms with van der Waals surface area (Å²) in [5.74, 6) is 1.64. The first-order chi connectivity index (χ1) is 14.2. The van der Waals surface area contributed by atoms with Gasteiger partial charge in [0.1, 0.15) is 11.5 Å². The molecule has 2 aliphatic rings. The van der Waals surface area contributed by atoms with E-state index in [0.717, 1.165) is 49.3 Å². The number of ether oxygens (including phenoxy) is 1. The molecule has 2 aliphatic heterocycles. The lowest BCUT2D eigenvalue weighted by Crippen LogP contribution is -2.31. The standard InChI is InChI=1S/C25H19NO2S/c1-16-7-9-17(10-8-16)22-23(18-11-13-20(27-2)14-12-18)26-28-24-21-6-4-3-5-19(21)15-29-25(22)24/h3-15H,1-2H3. The second kappa shape index (κ2) is 7.30. The lowest BCUT2D eigenvalue weighted by molar-refractivity contribution is 0.295. The number of methoxy groups -OCH3 is 1. The Bertz CT molecular complexity index is 1270. The van der Waals surface area contributed by atoms with Crippen LogP contribution in [0.15, 0.2) is 82.9 Å². The molecule has 0 spiro atoms. The lowest BCUT2D eigenvalue weighted by Gasteiger charge is -2.24. The average Bonchev–Trinajstić information content (AvgIpc) is 2.79. The summed E-state index contributed by atoms with van der Waals surface area (Å²) in [5.41, 5.74) is 5.27. The van der Waals surface area contributed by atoms with Crippen molar-refractivity contribution in [1.29, 1.82) is 0 Å². The largest absolute Gasteiger partial charge is 0.497 e. The van der Waals surface area contributed by atoms with Crippen molar-refractivity contribution in [2.24, 2.45) is 5.16 Å². The predicted octanol–water partition coefficient (Wildman–Crippen LogP) is 4.44. The van der Waals surface area contributed by atoms with Crippen LogP contribution >= 0.6 is 11.8 Å². The van der Waals surface area contributed by atoms with Crippen LogP contribution in [0.1, 0.15) is 16.7 Å². The van der Waals surface area contributed by atoms with Crippen molar-refractivity contribution < 1.29 is 9.57 Å². The minimum Gasteiger partial charge on any atom is -0.497 e. The maximum atomic E-state index is 5.98. The normalized spacial score (nSPS) is 15.0. The average molecular weight is 397 g/mol. The number of aryl methyl sites for hydroxylation is 1. The van der Waals surface area contributed by atoms with Gasteiger partial charge in [0.2, 0.25) is 0 Å². The second-order valence-electron chi connectivity index (χ2n) is 6.98. The maximum absolute atomic E-state index is 5.98. The van der Waals surface area contributed by atoms with E-state index in [-0.39, 0.29) is 0 Å². The van der Waals surface area contributed by atoms with Crippen molar-refractivity contribution >= 4 is 34.2 Å². The molecule has 3 aromatic rings. The lowest BCUT2D eigenvalue weighted by atomic mass is 9.93. The summed E-state index contributed by atoms with van der Waals surface area (Å²) in [4.78, 5) is 7.07. The Morgan fingerprint density at radius 3 is 2.34 bits per heavy atom. The molecule has 0 unspecified atom stereocenters. The number of hydrogen-bond acceptors (Lipinski definition) is 4. The van der Waals surface area contributed by atoms with Gasteiger partial charge in [0, 0.05) is 16.4 Å². The zero-order chi connectivity index (χ0) is 19.8. The van der Waals surface area contributed by atoms with Gasteiger partial charge in [-0.05, 0) is 47.4 Å². The van der Waals surface area contributed by atoms with E-state index >= 15 is 0 Å². The van der Waals surface area contributed by atoms with Gasteiger partial charge in [0.05, 0.1) is 12.0 Å². The van der Waals surface area contributed by atoms with Crippen molar-refractivity contribution in [3.8, 4) is 5.75 Å². The summed E-state index contributed by atoms with van der Waals surface area (Å²) in [6.07, 6.45) is 0. The molecule has 4 heteroatoms. The number of nitrogens with zero attached hydrogens (tertiary/aromatic N) is 1. The van der Waals surface area contributed by atoms with Crippen LogP contribution in [-0.2, 0) is 4.84 Å². The fraction of sp³-hybridized carbons (Fsp3) is 0.0800. The van der Waals surface area contributed by atoms with Crippen LogP contribution in [-0.4, -0.2) is 12.8 Å². The molecule has 0 aromatic heterocycles. The van der Waals surface area contributed by atoms with E-state index in [4.69, 9.17) is 9.57 Å².